The maximum atomic E-state index is 11.8. The van der Waals surface area contributed by atoms with Crippen LogP contribution < -0.4 is 48.7 Å². The van der Waals surface area contributed by atoms with Gasteiger partial charge in [0.25, 0.3) is 11.8 Å². The monoisotopic (exact) mass is 405 g/mol. The van der Waals surface area contributed by atoms with Gasteiger partial charge in [0.05, 0.1) is 19.9 Å². The lowest BCUT2D eigenvalue weighted by molar-refractivity contribution is -0.126. The highest BCUT2D eigenvalue weighted by molar-refractivity contribution is 6.09. The average molecular weight is 405 g/mol. The van der Waals surface area contributed by atoms with Gasteiger partial charge < -0.3 is 48.3 Å². The van der Waals surface area contributed by atoms with Crippen LogP contribution in [0, 0.1) is 0 Å². The zero-order chi connectivity index (χ0) is 20.2. The molecule has 2 aliphatic rings. The molecule has 17 nitrogen and oxygen atoms in total. The van der Waals surface area contributed by atoms with Crippen molar-refractivity contribution in [3.8, 4) is 0 Å². The average Bonchev–Trinajstić information content (AvgIpc) is 3.03. The Morgan fingerprint density at radius 2 is 1.14 bits per heavy atom. The molecule has 156 valence electrons. The van der Waals surface area contributed by atoms with Gasteiger partial charge in [0.2, 0.25) is 11.3 Å². The smallest absolute Gasteiger partial charge is 0.323 e. The molecule has 28 heavy (non-hydrogen) atoms. The largest absolute Gasteiger partial charge is 0.391 e. The van der Waals surface area contributed by atoms with Crippen molar-refractivity contribution in [2.24, 2.45) is 0 Å². The summed E-state index contributed by atoms with van der Waals surface area (Å²) < 4.78 is 0. The lowest BCUT2D eigenvalue weighted by Gasteiger charge is -2.26. The molecular formula is C11H19N9O8. The minimum absolute atomic E-state index is 0. The number of aliphatic hydroxyl groups excluding tert-OH is 2. The number of hydrogen-bond acceptors (Lipinski definition) is 9. The minimum atomic E-state index is -2.06. The molecule has 0 saturated carbocycles. The molecule has 0 aromatic carbocycles. The Balaban J connectivity index is 0.00000392. The van der Waals surface area contributed by atoms with Gasteiger partial charge in [-0.05, 0) is 0 Å². The van der Waals surface area contributed by atoms with Gasteiger partial charge in [-0.1, -0.05) is 0 Å². The van der Waals surface area contributed by atoms with Gasteiger partial charge in [-0.25, -0.2) is 19.2 Å². The molecule has 0 radical (unpaired) electrons. The van der Waals surface area contributed by atoms with Gasteiger partial charge in [-0.3, -0.25) is 20.2 Å². The number of carbonyl (C=O) groups excluding carboxylic acids is 6. The van der Waals surface area contributed by atoms with Crippen molar-refractivity contribution in [2.75, 3.05) is 19.9 Å². The summed E-state index contributed by atoms with van der Waals surface area (Å²) >= 11 is 0. The summed E-state index contributed by atoms with van der Waals surface area (Å²) in [5.41, 5.74) is -4.12. The van der Waals surface area contributed by atoms with E-state index in [1.54, 1.807) is 0 Å². The molecule has 0 aliphatic carbocycles. The number of amides is 10. The van der Waals surface area contributed by atoms with Crippen LogP contribution in [0.3, 0.4) is 0 Å². The van der Waals surface area contributed by atoms with Crippen LogP contribution in [0.15, 0.2) is 0 Å². The SMILES string of the molecule is N.O=C(NCNC(=O)NC1(CO)NC(=O)NC1=O)NC1(CO)NC(=O)NC1=O. The van der Waals surface area contributed by atoms with E-state index < -0.39 is 67.1 Å². The third-order valence-corrected chi connectivity index (χ3v) is 3.51. The number of imide groups is 2. The Morgan fingerprint density at radius 3 is 1.39 bits per heavy atom. The second kappa shape index (κ2) is 8.33. The number of rotatable bonds is 6. The topological polar surface area (TPSA) is 274 Å². The molecule has 2 heterocycles. The lowest BCUT2D eigenvalue weighted by Crippen LogP contribution is -2.66. The third kappa shape index (κ3) is 4.34. The normalized spacial score (nSPS) is 25.5. The van der Waals surface area contributed by atoms with Crippen LogP contribution in [0.4, 0.5) is 19.2 Å². The third-order valence-electron chi connectivity index (χ3n) is 3.51. The van der Waals surface area contributed by atoms with Gasteiger partial charge in [0.1, 0.15) is 0 Å². The molecule has 13 N–H and O–H groups in total. The Bertz CT molecular complexity index is 656. The molecule has 0 bridgehead atoms. The van der Waals surface area contributed by atoms with E-state index in [9.17, 15) is 39.0 Å². The zero-order valence-electron chi connectivity index (χ0n) is 14.2. The van der Waals surface area contributed by atoms with Crippen molar-refractivity contribution in [3.05, 3.63) is 0 Å². The molecule has 2 unspecified atom stereocenters. The van der Waals surface area contributed by atoms with E-state index in [0.717, 1.165) is 0 Å². The predicted molar refractivity (Wildman–Crippen MR) is 86.2 cm³/mol. The van der Waals surface area contributed by atoms with E-state index in [1.807, 2.05) is 31.9 Å². The Hall–Kier alpha value is -3.70. The molecule has 0 spiro atoms. The second-order valence-corrected chi connectivity index (χ2v) is 5.38. The number of carbonyl (C=O) groups is 6. The van der Waals surface area contributed by atoms with Crippen molar-refractivity contribution >= 4 is 35.9 Å². The van der Waals surface area contributed by atoms with E-state index in [1.165, 1.54) is 0 Å². The quantitative estimate of drug-likeness (QED) is 0.148. The van der Waals surface area contributed by atoms with Gasteiger partial charge in [-0.2, -0.15) is 0 Å². The highest BCUT2D eigenvalue weighted by Gasteiger charge is 2.48. The molecule has 2 saturated heterocycles. The molecule has 0 aromatic rings. The van der Waals surface area contributed by atoms with E-state index in [4.69, 9.17) is 0 Å². The fourth-order valence-electron chi connectivity index (χ4n) is 2.14. The first-order valence-corrected chi connectivity index (χ1v) is 7.27. The fraction of sp³-hybridized carbons (Fsp3) is 0.455. The zero-order valence-corrected chi connectivity index (χ0v) is 14.2. The summed E-state index contributed by atoms with van der Waals surface area (Å²) in [5.74, 6) is -1.97. The first-order valence-electron chi connectivity index (χ1n) is 7.27. The Morgan fingerprint density at radius 1 is 0.786 bits per heavy atom. The van der Waals surface area contributed by atoms with E-state index in [0.29, 0.717) is 0 Å². The number of aliphatic hydroxyl groups is 2. The van der Waals surface area contributed by atoms with Crippen LogP contribution in [0.2, 0.25) is 0 Å². The first kappa shape index (κ1) is 22.3. The minimum Gasteiger partial charge on any atom is -0.391 e. The van der Waals surface area contributed by atoms with E-state index in [2.05, 4.69) is 10.6 Å². The summed E-state index contributed by atoms with van der Waals surface area (Å²) in [6.45, 7) is -2.38. The maximum Gasteiger partial charge on any atom is 0.323 e. The van der Waals surface area contributed by atoms with Crippen LogP contribution in [0.5, 0.6) is 0 Å². The van der Waals surface area contributed by atoms with E-state index in [-0.39, 0.29) is 6.15 Å². The van der Waals surface area contributed by atoms with Crippen LogP contribution in [-0.4, -0.2) is 77.4 Å². The number of nitrogens with one attached hydrogen (secondary N) is 8. The van der Waals surface area contributed by atoms with Crippen molar-refractivity contribution in [1.82, 2.24) is 48.7 Å². The lowest BCUT2D eigenvalue weighted by atomic mass is 10.2. The molecule has 10 amide bonds. The predicted octanol–water partition coefficient (Wildman–Crippen LogP) is -5.24. The molecule has 2 atom stereocenters. The maximum absolute atomic E-state index is 11.8. The summed E-state index contributed by atoms with van der Waals surface area (Å²) in [5, 5.41) is 34.4. The van der Waals surface area contributed by atoms with Gasteiger partial charge >= 0.3 is 24.1 Å². The summed E-state index contributed by atoms with van der Waals surface area (Å²) in [7, 11) is 0. The summed E-state index contributed by atoms with van der Waals surface area (Å²) in [6, 6.07) is -3.91. The van der Waals surface area contributed by atoms with Gasteiger partial charge in [0, 0.05) is 0 Å². The summed E-state index contributed by atoms with van der Waals surface area (Å²) in [6.07, 6.45) is 0. The van der Waals surface area contributed by atoms with Crippen LogP contribution in [0.1, 0.15) is 0 Å². The van der Waals surface area contributed by atoms with Gasteiger partial charge in [0.15, 0.2) is 0 Å². The standard InChI is InChI=1S/C11H16N8O8.H3N/c20-1-10(4(22)14-8(26)18-10)16-6(24)12-3-13-7(25)17-11(2-21)5(23)15-9(27)19-11;/h20-21H,1-3H2,(H2,12,16,24)(H2,13,17,25)(H2,14,18,22,26)(H2,15,19,23,27);1H3. The molecule has 0 aromatic heterocycles. The Kier molecular flexibility index (Phi) is 6.65. The highest BCUT2D eigenvalue weighted by Crippen LogP contribution is 2.06. The number of urea groups is 4. The van der Waals surface area contributed by atoms with Crippen LogP contribution in [-0.2, 0) is 9.59 Å². The summed E-state index contributed by atoms with van der Waals surface area (Å²) in [4.78, 5) is 68.9. The van der Waals surface area contributed by atoms with Crippen molar-refractivity contribution < 1.29 is 39.0 Å². The Labute approximate surface area is 155 Å². The molecule has 2 rings (SSSR count). The first-order chi connectivity index (χ1) is 12.7. The van der Waals surface area contributed by atoms with Crippen LogP contribution in [0.25, 0.3) is 0 Å². The van der Waals surface area contributed by atoms with Crippen LogP contribution >= 0.6 is 0 Å². The molecule has 2 fully saturated rings. The van der Waals surface area contributed by atoms with Crippen molar-refractivity contribution in [1.29, 1.82) is 0 Å². The van der Waals surface area contributed by atoms with Gasteiger partial charge in [-0.15, -0.1) is 0 Å². The molecular weight excluding hydrogens is 386 g/mol. The highest BCUT2D eigenvalue weighted by atomic mass is 16.3. The van der Waals surface area contributed by atoms with Crippen molar-refractivity contribution in [2.45, 2.75) is 11.3 Å². The van der Waals surface area contributed by atoms with Crippen molar-refractivity contribution in [3.63, 3.8) is 0 Å². The molecule has 2 aliphatic heterocycles. The molecule has 17 heteroatoms. The van der Waals surface area contributed by atoms with E-state index >= 15 is 0 Å². The second-order valence-electron chi connectivity index (χ2n) is 5.38. The fourth-order valence-corrected chi connectivity index (χ4v) is 2.14. The number of hydrogen-bond donors (Lipinski definition) is 11.